The summed E-state index contributed by atoms with van der Waals surface area (Å²) in [6, 6.07) is 24.6. The van der Waals surface area contributed by atoms with E-state index in [0.717, 1.165) is 40.6 Å². The molecule has 0 aromatic heterocycles. The van der Waals surface area contributed by atoms with Crippen molar-refractivity contribution in [3.8, 4) is 0 Å². The van der Waals surface area contributed by atoms with Gasteiger partial charge in [0.15, 0.2) is 8.32 Å². The Bertz CT molecular complexity index is 1580. The normalized spacial score (nSPS) is 26.1. The van der Waals surface area contributed by atoms with Gasteiger partial charge in [0.2, 0.25) is 0 Å². The molecular weight excluding hydrogens is 549 g/mol. The zero-order valence-electron chi connectivity index (χ0n) is 25.4. The molecule has 40 heavy (non-hydrogen) atoms. The average Bonchev–Trinajstić information content (AvgIpc) is 3.22. The predicted molar refractivity (Wildman–Crippen MR) is 174 cm³/mol. The molecule has 4 nitrogen and oxygen atoms in total. The second kappa shape index (κ2) is 9.93. The molecule has 1 unspecified atom stereocenters. The Morgan fingerprint density at radius 1 is 0.950 bits per heavy atom. The van der Waals surface area contributed by atoms with Crippen molar-refractivity contribution in [2.24, 2.45) is 20.9 Å². The van der Waals surface area contributed by atoms with E-state index in [1.807, 2.05) is 42.5 Å². The second-order valence-electron chi connectivity index (χ2n) is 14.3. The minimum absolute atomic E-state index is 0.0471. The van der Waals surface area contributed by atoms with Crippen LogP contribution in [-0.2, 0) is 14.4 Å². The SMILES string of the molecule is CC1(C)[C@@H]2CC[C@@]1(CS(=O)(=O)N=P(C)(c1ccccc1)c1ccc3ccccc3c1)[C@H](O[Si](C)(C)C(C)(C)C)C2. The third-order valence-corrected chi connectivity index (χ3v) is 21.1. The van der Waals surface area contributed by atoms with Gasteiger partial charge in [-0.25, -0.2) is 8.42 Å². The molecule has 7 heteroatoms. The van der Waals surface area contributed by atoms with Gasteiger partial charge in [0.25, 0.3) is 10.0 Å². The van der Waals surface area contributed by atoms with Crippen molar-refractivity contribution < 1.29 is 12.8 Å². The highest BCUT2D eigenvalue weighted by atomic mass is 32.2. The number of fused-ring (bicyclic) bond motifs is 3. The van der Waals surface area contributed by atoms with Gasteiger partial charge in [-0.15, -0.1) is 0 Å². The molecule has 0 radical (unpaired) electrons. The van der Waals surface area contributed by atoms with Gasteiger partial charge in [0.05, 0.1) is 11.9 Å². The van der Waals surface area contributed by atoms with Crippen molar-refractivity contribution in [3.63, 3.8) is 0 Å². The molecule has 4 atom stereocenters. The second-order valence-corrected chi connectivity index (χ2v) is 24.2. The van der Waals surface area contributed by atoms with Crippen molar-refractivity contribution in [1.29, 1.82) is 0 Å². The van der Waals surface area contributed by atoms with Crippen LogP contribution >= 0.6 is 7.05 Å². The van der Waals surface area contributed by atoms with Crippen molar-refractivity contribution in [2.75, 3.05) is 12.4 Å². The van der Waals surface area contributed by atoms with E-state index >= 15 is 0 Å². The average molecular weight is 596 g/mol. The summed E-state index contributed by atoms with van der Waals surface area (Å²) in [6.45, 7) is 18.0. The van der Waals surface area contributed by atoms with Crippen molar-refractivity contribution >= 4 is 46.8 Å². The van der Waals surface area contributed by atoms with Crippen LogP contribution in [0.4, 0.5) is 0 Å². The van der Waals surface area contributed by atoms with Crippen molar-refractivity contribution in [2.45, 2.75) is 78.1 Å². The van der Waals surface area contributed by atoms with E-state index in [-0.39, 0.29) is 22.3 Å². The third-order valence-electron chi connectivity index (χ3n) is 10.8. The molecule has 0 N–H and O–H groups in total. The fourth-order valence-electron chi connectivity index (χ4n) is 7.05. The van der Waals surface area contributed by atoms with Crippen LogP contribution in [-0.4, -0.2) is 35.3 Å². The minimum atomic E-state index is -3.80. The quantitative estimate of drug-likeness (QED) is 0.205. The number of sulfonamides is 1. The lowest BCUT2D eigenvalue weighted by atomic mass is 9.70. The van der Waals surface area contributed by atoms with E-state index in [1.165, 1.54) is 0 Å². The fraction of sp³-hybridized carbons (Fsp3) is 0.515. The van der Waals surface area contributed by atoms with Crippen LogP contribution in [0, 0.1) is 16.7 Å². The highest BCUT2D eigenvalue weighted by molar-refractivity contribution is 7.97. The molecule has 0 amide bonds. The molecule has 0 spiro atoms. The Labute approximate surface area is 243 Å². The molecule has 2 bridgehead atoms. The summed E-state index contributed by atoms with van der Waals surface area (Å²) in [5.74, 6) is 0.534. The Morgan fingerprint density at radius 3 is 2.20 bits per heavy atom. The van der Waals surface area contributed by atoms with Gasteiger partial charge < -0.3 is 4.43 Å². The first kappa shape index (κ1) is 29.8. The topological polar surface area (TPSA) is 55.7 Å². The van der Waals surface area contributed by atoms with Gasteiger partial charge in [-0.3, -0.25) is 0 Å². The van der Waals surface area contributed by atoms with Crippen molar-refractivity contribution in [1.82, 2.24) is 0 Å². The Kier molecular flexibility index (Phi) is 7.39. The fourth-order valence-corrected chi connectivity index (χ4v) is 14.6. The monoisotopic (exact) mass is 595 g/mol. The molecule has 216 valence electrons. The van der Waals surface area contributed by atoms with Gasteiger partial charge in [-0.05, 0) is 82.8 Å². The summed E-state index contributed by atoms with van der Waals surface area (Å²) < 4.78 is 40.8. The predicted octanol–water partition coefficient (Wildman–Crippen LogP) is 8.17. The smallest absolute Gasteiger partial charge is 0.253 e. The third kappa shape index (κ3) is 4.97. The Hall–Kier alpha value is -1.72. The summed E-state index contributed by atoms with van der Waals surface area (Å²) in [5, 5.41) is 4.28. The zero-order chi connectivity index (χ0) is 29.2. The molecular formula is C33H46NO3PSSi. The van der Waals surface area contributed by atoms with Crippen LogP contribution in [0.15, 0.2) is 76.9 Å². The molecule has 3 aromatic carbocycles. The highest BCUT2D eigenvalue weighted by Gasteiger charge is 2.66. The first-order valence-corrected chi connectivity index (χ1v) is 21.3. The van der Waals surface area contributed by atoms with Crippen LogP contribution in [0.5, 0.6) is 0 Å². The Morgan fingerprint density at radius 2 is 1.57 bits per heavy atom. The van der Waals surface area contributed by atoms with Gasteiger partial charge in [-0.1, -0.05) is 101 Å². The van der Waals surface area contributed by atoms with Crippen LogP contribution < -0.4 is 10.6 Å². The van der Waals surface area contributed by atoms with Crippen LogP contribution in [0.1, 0.15) is 53.9 Å². The van der Waals surface area contributed by atoms with Crippen LogP contribution in [0.3, 0.4) is 0 Å². The summed E-state index contributed by atoms with van der Waals surface area (Å²) in [7, 11) is -8.50. The molecule has 2 aliphatic carbocycles. The molecule has 5 rings (SSSR count). The summed E-state index contributed by atoms with van der Waals surface area (Å²) in [6.07, 6.45) is 2.85. The number of hydrogen-bond acceptors (Lipinski definition) is 3. The number of hydrogen-bond donors (Lipinski definition) is 0. The lowest BCUT2D eigenvalue weighted by molar-refractivity contribution is 0.0237. The van der Waals surface area contributed by atoms with Gasteiger partial charge in [0.1, 0.15) is 0 Å². The van der Waals surface area contributed by atoms with E-state index in [1.54, 1.807) is 0 Å². The molecule has 0 heterocycles. The number of rotatable bonds is 7. The minimum Gasteiger partial charge on any atom is -0.413 e. The molecule has 0 saturated heterocycles. The maximum Gasteiger partial charge on any atom is 0.253 e. The first-order chi connectivity index (χ1) is 18.5. The largest absolute Gasteiger partial charge is 0.413 e. The van der Waals surface area contributed by atoms with Crippen LogP contribution in [0.2, 0.25) is 18.1 Å². The van der Waals surface area contributed by atoms with E-state index in [2.05, 4.69) is 84.7 Å². The number of benzene rings is 3. The molecule has 3 aromatic rings. The summed E-state index contributed by atoms with van der Waals surface area (Å²) >= 11 is 0. The van der Waals surface area contributed by atoms with E-state index in [4.69, 9.17) is 8.58 Å². The lowest BCUT2D eigenvalue weighted by Gasteiger charge is -2.47. The lowest BCUT2D eigenvalue weighted by Crippen LogP contribution is -2.52. The van der Waals surface area contributed by atoms with Gasteiger partial charge >= 0.3 is 0 Å². The summed E-state index contributed by atoms with van der Waals surface area (Å²) in [4.78, 5) is 0. The van der Waals surface area contributed by atoms with Gasteiger partial charge in [-0.2, -0.15) is 4.15 Å². The standard InChI is InChI=1S/C33H46NO3PSSi/c1-31(2,3)40(7,8)37-30-23-27-20-21-33(30,32(27,4)5)24-39(35,36)34-38(6,28-16-10-9-11-17-28)29-19-18-25-14-12-13-15-26(25)22-29/h9-19,22,27,30H,20-21,23-24H2,1-8H3/t27-,30-,33-,38?/m1/s1. The number of nitrogens with zero attached hydrogens (tertiary/aromatic N) is 1. The van der Waals surface area contributed by atoms with E-state index in [0.29, 0.717) is 5.92 Å². The molecule has 2 aliphatic rings. The molecule has 0 aliphatic heterocycles. The Balaban J connectivity index is 1.62. The summed E-state index contributed by atoms with van der Waals surface area (Å²) in [5.41, 5.74) is -0.548. The first-order valence-electron chi connectivity index (χ1n) is 14.6. The highest BCUT2D eigenvalue weighted by Crippen LogP contribution is 2.68. The van der Waals surface area contributed by atoms with Crippen molar-refractivity contribution in [3.05, 3.63) is 72.8 Å². The maximum atomic E-state index is 14.4. The van der Waals surface area contributed by atoms with E-state index in [9.17, 15) is 8.42 Å². The van der Waals surface area contributed by atoms with Gasteiger partial charge in [0, 0.05) is 12.5 Å². The maximum absolute atomic E-state index is 14.4. The van der Waals surface area contributed by atoms with Crippen LogP contribution in [0.25, 0.3) is 10.8 Å². The molecule has 2 saturated carbocycles. The molecule has 2 fully saturated rings. The van der Waals surface area contributed by atoms with E-state index < -0.39 is 30.8 Å². The zero-order valence-corrected chi connectivity index (χ0v) is 28.1.